The van der Waals surface area contributed by atoms with Crippen LogP contribution in [0.15, 0.2) is 0 Å². The molecule has 0 saturated heterocycles. The van der Waals surface area contributed by atoms with Gasteiger partial charge < -0.3 is 31.9 Å². The van der Waals surface area contributed by atoms with Crippen LogP contribution in [0.4, 0.5) is 0 Å². The molecule has 12 heteroatoms. The van der Waals surface area contributed by atoms with Crippen LogP contribution in [-0.4, -0.2) is 84.0 Å². The number of rotatable bonds is 17. The maximum absolute atomic E-state index is 13.6. The molecule has 4 amide bonds. The lowest BCUT2D eigenvalue weighted by atomic mass is 9.85. The number of amides is 4. The van der Waals surface area contributed by atoms with Crippen molar-refractivity contribution in [2.75, 3.05) is 20.3 Å². The number of hydrogen-bond acceptors (Lipinski definition) is 9. The van der Waals surface area contributed by atoms with Crippen molar-refractivity contribution in [2.45, 2.75) is 116 Å². The van der Waals surface area contributed by atoms with Gasteiger partial charge in [0.25, 0.3) is 0 Å². The summed E-state index contributed by atoms with van der Waals surface area (Å²) >= 11 is 0. The third kappa shape index (κ3) is 12.1. The number of ether oxygens (including phenoxy) is 1. The molecule has 0 aromatic rings. The Bertz CT molecular complexity index is 860. The molecule has 1 aliphatic carbocycles. The Morgan fingerprint density at radius 1 is 0.951 bits per heavy atom. The van der Waals surface area contributed by atoms with Crippen LogP contribution < -0.4 is 22.1 Å². The molecule has 1 saturated carbocycles. The number of imide groups is 1. The van der Waals surface area contributed by atoms with Crippen LogP contribution in [0.1, 0.15) is 91.9 Å². The highest BCUT2D eigenvalue weighted by molar-refractivity contribution is 6.01. The quantitative estimate of drug-likeness (QED) is 0.122. The summed E-state index contributed by atoms with van der Waals surface area (Å²) in [7, 11) is 1.19. The van der Waals surface area contributed by atoms with E-state index in [2.05, 4.69) is 10.6 Å². The van der Waals surface area contributed by atoms with Gasteiger partial charge in [0.05, 0.1) is 19.2 Å². The van der Waals surface area contributed by atoms with E-state index in [4.69, 9.17) is 16.2 Å². The van der Waals surface area contributed by atoms with Crippen molar-refractivity contribution in [1.29, 1.82) is 0 Å². The maximum Gasteiger partial charge on any atom is 0.329 e. The second-order valence-electron chi connectivity index (χ2n) is 11.6. The van der Waals surface area contributed by atoms with E-state index in [1.54, 1.807) is 13.8 Å². The van der Waals surface area contributed by atoms with E-state index in [0.29, 0.717) is 6.42 Å². The number of carbonyl (C=O) groups is 5. The molecule has 7 N–H and O–H groups in total. The van der Waals surface area contributed by atoms with E-state index >= 15 is 0 Å². The second kappa shape index (κ2) is 18.8. The second-order valence-corrected chi connectivity index (χ2v) is 11.6. The number of nitrogens with one attached hydrogen (secondary N) is 2. The number of aliphatic hydroxyl groups is 1. The summed E-state index contributed by atoms with van der Waals surface area (Å²) in [5.41, 5.74) is 11.7. The zero-order valence-corrected chi connectivity index (χ0v) is 25.5. The summed E-state index contributed by atoms with van der Waals surface area (Å²) in [5.74, 6) is -3.82. The minimum Gasteiger partial charge on any atom is -0.467 e. The van der Waals surface area contributed by atoms with Gasteiger partial charge in [0, 0.05) is 25.5 Å². The summed E-state index contributed by atoms with van der Waals surface area (Å²) < 4.78 is 4.91. The lowest BCUT2D eigenvalue weighted by Crippen LogP contribution is -2.59. The van der Waals surface area contributed by atoms with Crippen molar-refractivity contribution < 1.29 is 33.8 Å². The molecule has 41 heavy (non-hydrogen) atoms. The Balaban J connectivity index is 2.90. The van der Waals surface area contributed by atoms with Crippen LogP contribution in [-0.2, 0) is 28.7 Å². The van der Waals surface area contributed by atoms with Crippen molar-refractivity contribution in [3.63, 3.8) is 0 Å². The lowest BCUT2D eigenvalue weighted by Gasteiger charge is -2.34. The molecule has 1 rings (SSSR count). The molecular formula is C29H53N5O7. The van der Waals surface area contributed by atoms with Gasteiger partial charge in [-0.15, -0.1) is 0 Å². The fourth-order valence-electron chi connectivity index (χ4n) is 5.16. The van der Waals surface area contributed by atoms with E-state index in [-0.39, 0.29) is 13.0 Å². The van der Waals surface area contributed by atoms with Crippen molar-refractivity contribution >= 4 is 29.6 Å². The first-order valence-electron chi connectivity index (χ1n) is 15.0. The highest BCUT2D eigenvalue weighted by Gasteiger charge is 2.41. The molecule has 0 aromatic heterocycles. The predicted molar refractivity (Wildman–Crippen MR) is 155 cm³/mol. The monoisotopic (exact) mass is 583 g/mol. The molecule has 0 heterocycles. The Morgan fingerprint density at radius 3 is 2.12 bits per heavy atom. The summed E-state index contributed by atoms with van der Waals surface area (Å²) in [6, 6.07) is -4.29. The minimum absolute atomic E-state index is 0.0701. The molecular weight excluding hydrogens is 530 g/mol. The van der Waals surface area contributed by atoms with Gasteiger partial charge in [-0.2, -0.15) is 0 Å². The van der Waals surface area contributed by atoms with E-state index in [0.717, 1.165) is 30.1 Å². The highest BCUT2D eigenvalue weighted by atomic mass is 16.5. The molecule has 0 radical (unpaired) electrons. The highest BCUT2D eigenvalue weighted by Crippen LogP contribution is 2.28. The van der Waals surface area contributed by atoms with Crippen LogP contribution in [0.25, 0.3) is 0 Å². The number of nitrogens with zero attached hydrogens (tertiary/aromatic N) is 1. The zero-order valence-electron chi connectivity index (χ0n) is 25.5. The Kier molecular flexibility index (Phi) is 16.7. The van der Waals surface area contributed by atoms with Gasteiger partial charge in [0.1, 0.15) is 12.1 Å². The molecule has 1 aliphatic rings. The molecule has 1 fully saturated rings. The Morgan fingerprint density at radius 2 is 1.59 bits per heavy atom. The number of esters is 1. The van der Waals surface area contributed by atoms with Crippen LogP contribution in [0.3, 0.4) is 0 Å². The van der Waals surface area contributed by atoms with E-state index in [1.807, 2.05) is 0 Å². The summed E-state index contributed by atoms with van der Waals surface area (Å²) in [6.07, 6.45) is 10.0. The molecule has 5 atom stereocenters. The molecule has 236 valence electrons. The van der Waals surface area contributed by atoms with Crippen molar-refractivity contribution in [3.8, 4) is 0 Å². The Labute approximate surface area is 244 Å². The number of hydrogen-bond donors (Lipinski definition) is 5. The molecule has 1 unspecified atom stereocenters. The number of unbranched alkanes of at least 4 members (excludes halogenated alkanes) is 2. The minimum atomic E-state index is -1.39. The van der Waals surface area contributed by atoms with Crippen LogP contribution in [0.5, 0.6) is 0 Å². The SMILES string of the molecule is COC(=O)[C@H](C(C)C)N(C(=O)CCCCCC1CCCCC1)C(=O)[C@@H](N)C(CO)CNC(=O)[C@H](C)NC(=O)[C@H](C)N. The average Bonchev–Trinajstić information content (AvgIpc) is 2.94. The number of nitrogens with two attached hydrogens (primary N) is 2. The van der Waals surface area contributed by atoms with E-state index < -0.39 is 72.2 Å². The molecule has 0 aromatic carbocycles. The largest absolute Gasteiger partial charge is 0.467 e. The maximum atomic E-state index is 13.6. The van der Waals surface area contributed by atoms with Crippen molar-refractivity contribution in [1.82, 2.24) is 15.5 Å². The number of aliphatic hydroxyl groups excluding tert-OH is 1. The van der Waals surface area contributed by atoms with Crippen LogP contribution >= 0.6 is 0 Å². The van der Waals surface area contributed by atoms with E-state index in [9.17, 15) is 29.1 Å². The summed E-state index contributed by atoms with van der Waals surface area (Å²) in [5, 5.41) is 15.0. The van der Waals surface area contributed by atoms with Gasteiger partial charge >= 0.3 is 5.97 Å². The fourth-order valence-corrected chi connectivity index (χ4v) is 5.16. The van der Waals surface area contributed by atoms with Crippen LogP contribution in [0, 0.1) is 17.8 Å². The van der Waals surface area contributed by atoms with E-state index in [1.165, 1.54) is 53.1 Å². The average molecular weight is 584 g/mol. The first kappa shape index (κ1) is 36.5. The van der Waals surface area contributed by atoms with Crippen molar-refractivity contribution in [2.24, 2.45) is 29.2 Å². The lowest BCUT2D eigenvalue weighted by molar-refractivity contribution is -0.163. The Hall–Kier alpha value is -2.57. The number of methoxy groups -OCH3 is 1. The van der Waals surface area contributed by atoms with Crippen LogP contribution in [0.2, 0.25) is 0 Å². The summed E-state index contributed by atoms with van der Waals surface area (Å²) in [6.45, 7) is 5.58. The normalized spacial score (nSPS) is 17.6. The smallest absolute Gasteiger partial charge is 0.329 e. The molecule has 0 aliphatic heterocycles. The zero-order chi connectivity index (χ0) is 31.1. The van der Waals surface area contributed by atoms with Gasteiger partial charge in [-0.3, -0.25) is 24.1 Å². The predicted octanol–water partition coefficient (Wildman–Crippen LogP) is 0.974. The number of carbonyl (C=O) groups excluding carboxylic acids is 5. The fraction of sp³-hybridized carbons (Fsp3) is 0.828. The van der Waals surface area contributed by atoms with Gasteiger partial charge in [-0.1, -0.05) is 65.2 Å². The third-order valence-electron chi connectivity index (χ3n) is 7.82. The van der Waals surface area contributed by atoms with Gasteiger partial charge in [0.2, 0.25) is 23.6 Å². The molecule has 0 bridgehead atoms. The molecule has 12 nitrogen and oxygen atoms in total. The third-order valence-corrected chi connectivity index (χ3v) is 7.82. The topological polar surface area (TPSA) is 194 Å². The van der Waals surface area contributed by atoms with Crippen molar-refractivity contribution in [3.05, 3.63) is 0 Å². The first-order valence-corrected chi connectivity index (χ1v) is 15.0. The van der Waals surface area contributed by atoms with Gasteiger partial charge in [-0.25, -0.2) is 4.79 Å². The summed E-state index contributed by atoms with van der Waals surface area (Å²) in [4.78, 5) is 64.8. The standard InChI is InChI=1S/C29H53N5O7/c1-18(2)25(29(40)41-5)34(23(36)15-11-7-10-14-21-12-8-6-9-13-21)28(39)24(31)22(17-35)16-32-27(38)20(4)33-26(37)19(3)30/h18-22,24-25,35H,6-17,30-31H2,1-5H3,(H,32,38)(H,33,37)/t19-,20-,22?,24-,25-/m0/s1. The first-order chi connectivity index (χ1) is 19.3. The van der Waals surface area contributed by atoms with Gasteiger partial charge in [0.15, 0.2) is 0 Å². The molecule has 0 spiro atoms. The van der Waals surface area contributed by atoms with Gasteiger partial charge in [-0.05, 0) is 32.1 Å².